The van der Waals surface area contributed by atoms with Gasteiger partial charge in [-0.2, -0.15) is 0 Å². The van der Waals surface area contributed by atoms with E-state index in [0.29, 0.717) is 24.3 Å². The molecule has 106 valence electrons. The van der Waals surface area contributed by atoms with E-state index in [1.165, 1.54) is 6.20 Å². The first-order valence-electron chi connectivity index (χ1n) is 6.61. The summed E-state index contributed by atoms with van der Waals surface area (Å²) in [5.74, 6) is -1.01. The summed E-state index contributed by atoms with van der Waals surface area (Å²) < 4.78 is 0. The van der Waals surface area contributed by atoms with Crippen LogP contribution in [-0.2, 0) is 0 Å². The van der Waals surface area contributed by atoms with Crippen molar-refractivity contribution in [2.24, 2.45) is 0 Å². The number of carbonyl (C=O) groups is 1. The number of aromatic carboxylic acids is 1. The molecule has 19 heavy (non-hydrogen) atoms. The number of hydrogen-bond donors (Lipinski definition) is 2. The quantitative estimate of drug-likeness (QED) is 0.792. The number of nitrogens with one attached hydrogen (secondary N) is 1. The first-order chi connectivity index (χ1) is 8.93. The zero-order valence-electron chi connectivity index (χ0n) is 12.1. The normalized spacial score (nSPS) is 11.3. The number of carboxylic acid groups (broad SMARTS) is 1. The number of hydrogen-bond acceptors (Lipinski definition) is 4. The lowest BCUT2D eigenvalue weighted by Gasteiger charge is -2.30. The molecule has 0 aliphatic heterocycles. The maximum absolute atomic E-state index is 11.0. The first-order valence-corrected chi connectivity index (χ1v) is 6.61. The number of aromatic nitrogens is 1. The zero-order valence-corrected chi connectivity index (χ0v) is 12.1. The third-order valence-corrected chi connectivity index (χ3v) is 3.02. The maximum Gasteiger partial charge on any atom is 0.356 e. The van der Waals surface area contributed by atoms with Crippen molar-refractivity contribution in [2.75, 3.05) is 18.4 Å². The van der Waals surface area contributed by atoms with Gasteiger partial charge in [-0.3, -0.25) is 4.90 Å². The van der Waals surface area contributed by atoms with E-state index >= 15 is 0 Å². The second kappa shape index (κ2) is 7.09. The molecule has 1 rings (SSSR count). The lowest BCUT2D eigenvalue weighted by Crippen LogP contribution is -2.40. The van der Waals surface area contributed by atoms with Gasteiger partial charge >= 0.3 is 5.97 Å². The molecule has 0 saturated carbocycles. The van der Waals surface area contributed by atoms with Crippen molar-refractivity contribution < 1.29 is 9.90 Å². The molecule has 0 unspecified atom stereocenters. The summed E-state index contributed by atoms with van der Waals surface area (Å²) >= 11 is 0. The average molecular weight is 265 g/mol. The second-order valence-corrected chi connectivity index (χ2v) is 5.06. The van der Waals surface area contributed by atoms with Crippen molar-refractivity contribution in [3.05, 3.63) is 24.0 Å². The molecule has 1 aromatic rings. The van der Waals surface area contributed by atoms with Crippen LogP contribution in [0.2, 0.25) is 0 Å². The third-order valence-electron chi connectivity index (χ3n) is 3.02. The van der Waals surface area contributed by atoms with Gasteiger partial charge in [-0.15, -0.1) is 0 Å². The molecule has 0 amide bonds. The van der Waals surface area contributed by atoms with Crippen molar-refractivity contribution in [2.45, 2.75) is 39.8 Å². The highest BCUT2D eigenvalue weighted by Crippen LogP contribution is 2.12. The van der Waals surface area contributed by atoms with E-state index in [0.717, 1.165) is 6.54 Å². The van der Waals surface area contributed by atoms with E-state index < -0.39 is 5.97 Å². The largest absolute Gasteiger partial charge is 0.476 e. The topological polar surface area (TPSA) is 65.5 Å². The highest BCUT2D eigenvalue weighted by Gasteiger charge is 2.14. The Kier molecular flexibility index (Phi) is 5.76. The van der Waals surface area contributed by atoms with Gasteiger partial charge in [0.2, 0.25) is 0 Å². The molecule has 5 heteroatoms. The summed E-state index contributed by atoms with van der Waals surface area (Å²) in [7, 11) is 0. The predicted molar refractivity (Wildman–Crippen MR) is 76.7 cm³/mol. The maximum atomic E-state index is 11.0. The van der Waals surface area contributed by atoms with Crippen LogP contribution >= 0.6 is 0 Å². The Morgan fingerprint density at radius 2 is 2.00 bits per heavy atom. The van der Waals surface area contributed by atoms with E-state index in [2.05, 4.69) is 42.9 Å². The molecule has 0 radical (unpaired) electrons. The van der Waals surface area contributed by atoms with E-state index in [-0.39, 0.29) is 5.69 Å². The Morgan fingerprint density at radius 3 is 2.53 bits per heavy atom. The van der Waals surface area contributed by atoms with Gasteiger partial charge in [0.25, 0.3) is 0 Å². The van der Waals surface area contributed by atoms with Gasteiger partial charge in [0, 0.05) is 31.4 Å². The van der Waals surface area contributed by atoms with Gasteiger partial charge in [0.05, 0.1) is 5.69 Å². The van der Waals surface area contributed by atoms with Gasteiger partial charge in [0.15, 0.2) is 5.69 Å². The zero-order chi connectivity index (χ0) is 14.4. The van der Waals surface area contributed by atoms with E-state index in [1.54, 1.807) is 12.1 Å². The Labute approximate surface area is 114 Å². The number of nitrogens with zero attached hydrogens (tertiary/aromatic N) is 2. The second-order valence-electron chi connectivity index (χ2n) is 5.06. The highest BCUT2D eigenvalue weighted by atomic mass is 16.4. The Bertz CT molecular complexity index is 411. The number of pyridine rings is 1. The van der Waals surface area contributed by atoms with E-state index in [9.17, 15) is 4.79 Å². The van der Waals surface area contributed by atoms with Gasteiger partial charge in [-0.05, 0) is 39.8 Å². The molecular formula is C14H23N3O2. The molecule has 2 N–H and O–H groups in total. The number of rotatable bonds is 7. The Balaban J connectivity index is 2.60. The SMILES string of the molecule is CC(C)N(CCNc1cccnc1C(=O)O)C(C)C. The van der Waals surface area contributed by atoms with Crippen LogP contribution in [0.5, 0.6) is 0 Å². The van der Waals surface area contributed by atoms with Crippen molar-refractivity contribution in [1.29, 1.82) is 0 Å². The Morgan fingerprint density at radius 1 is 1.37 bits per heavy atom. The summed E-state index contributed by atoms with van der Waals surface area (Å²) in [5, 5.41) is 12.2. The smallest absolute Gasteiger partial charge is 0.356 e. The highest BCUT2D eigenvalue weighted by molar-refractivity contribution is 5.91. The van der Waals surface area contributed by atoms with Gasteiger partial charge in [0.1, 0.15) is 0 Å². The van der Waals surface area contributed by atoms with Crippen LogP contribution in [0, 0.1) is 0 Å². The molecule has 0 saturated heterocycles. The van der Waals surface area contributed by atoms with Crippen LogP contribution in [0.25, 0.3) is 0 Å². The number of anilines is 1. The van der Waals surface area contributed by atoms with Gasteiger partial charge in [-0.25, -0.2) is 9.78 Å². The molecule has 5 nitrogen and oxygen atoms in total. The molecule has 0 aliphatic rings. The molecule has 0 bridgehead atoms. The third kappa shape index (κ3) is 4.52. The van der Waals surface area contributed by atoms with Crippen LogP contribution in [0.3, 0.4) is 0 Å². The van der Waals surface area contributed by atoms with Crippen molar-refractivity contribution in [3.8, 4) is 0 Å². The summed E-state index contributed by atoms with van der Waals surface area (Å²) in [4.78, 5) is 17.2. The molecule has 0 aromatic carbocycles. The molecule has 0 aliphatic carbocycles. The minimum atomic E-state index is -1.01. The van der Waals surface area contributed by atoms with Crippen molar-refractivity contribution in [3.63, 3.8) is 0 Å². The fourth-order valence-electron chi connectivity index (χ4n) is 2.15. The minimum Gasteiger partial charge on any atom is -0.476 e. The first kappa shape index (κ1) is 15.4. The molecule has 0 spiro atoms. The molecule has 0 fully saturated rings. The minimum absolute atomic E-state index is 0.0724. The standard InChI is InChI=1S/C14H23N3O2/c1-10(2)17(11(3)4)9-8-15-12-6-5-7-16-13(12)14(18)19/h5-7,10-11,15H,8-9H2,1-4H3,(H,18,19). The van der Waals surface area contributed by atoms with Gasteiger partial charge in [-0.1, -0.05) is 0 Å². The lowest BCUT2D eigenvalue weighted by atomic mass is 10.2. The average Bonchev–Trinajstić information content (AvgIpc) is 2.33. The molecule has 1 aromatic heterocycles. The lowest BCUT2D eigenvalue weighted by molar-refractivity contribution is 0.0691. The van der Waals surface area contributed by atoms with Crippen LogP contribution in [0.1, 0.15) is 38.2 Å². The van der Waals surface area contributed by atoms with E-state index in [4.69, 9.17) is 5.11 Å². The van der Waals surface area contributed by atoms with E-state index in [1.807, 2.05) is 0 Å². The van der Waals surface area contributed by atoms with Crippen LogP contribution in [0.15, 0.2) is 18.3 Å². The molecular weight excluding hydrogens is 242 g/mol. The summed E-state index contributed by atoms with van der Waals surface area (Å²) in [6.45, 7) is 10.2. The molecule has 1 heterocycles. The summed E-state index contributed by atoms with van der Waals surface area (Å²) in [5.41, 5.74) is 0.644. The van der Waals surface area contributed by atoms with Crippen LogP contribution < -0.4 is 5.32 Å². The van der Waals surface area contributed by atoms with Gasteiger partial charge < -0.3 is 10.4 Å². The number of carboxylic acids is 1. The fourth-order valence-corrected chi connectivity index (χ4v) is 2.15. The van der Waals surface area contributed by atoms with Crippen LogP contribution in [-0.4, -0.2) is 46.1 Å². The van der Waals surface area contributed by atoms with Crippen molar-refractivity contribution in [1.82, 2.24) is 9.88 Å². The van der Waals surface area contributed by atoms with Crippen LogP contribution in [0.4, 0.5) is 5.69 Å². The predicted octanol–water partition coefficient (Wildman–Crippen LogP) is 2.31. The molecule has 0 atom stereocenters. The Hall–Kier alpha value is -1.62. The monoisotopic (exact) mass is 265 g/mol. The summed E-state index contributed by atoms with van der Waals surface area (Å²) in [6, 6.07) is 4.41. The van der Waals surface area contributed by atoms with Crippen molar-refractivity contribution >= 4 is 11.7 Å². The summed E-state index contributed by atoms with van der Waals surface area (Å²) in [6.07, 6.45) is 1.49. The fraction of sp³-hybridized carbons (Fsp3) is 0.571.